The highest BCUT2D eigenvalue weighted by atomic mass is 16.5. The monoisotopic (exact) mass is 463 g/mol. The third-order valence-corrected chi connectivity index (χ3v) is 7.10. The third-order valence-electron chi connectivity index (χ3n) is 7.10. The van der Waals surface area contributed by atoms with Crippen molar-refractivity contribution in [2.45, 2.75) is 33.1 Å². The zero-order chi connectivity index (χ0) is 24.2. The minimum atomic E-state index is -0.198. The van der Waals surface area contributed by atoms with Gasteiger partial charge in [0.05, 0.1) is 18.7 Å². The Morgan fingerprint density at radius 1 is 0.941 bits per heavy atom. The number of hydrogen-bond donors (Lipinski definition) is 0. The molecule has 2 amide bonds. The zero-order valence-corrected chi connectivity index (χ0v) is 20.9. The number of rotatable bonds is 6. The zero-order valence-electron chi connectivity index (χ0n) is 20.9. The third kappa shape index (κ3) is 5.21. The summed E-state index contributed by atoms with van der Waals surface area (Å²) < 4.78 is 5.53. The van der Waals surface area contributed by atoms with E-state index >= 15 is 0 Å². The fraction of sp³-hybridized carbons (Fsp3) is 0.500. The van der Waals surface area contributed by atoms with Crippen molar-refractivity contribution in [1.29, 1.82) is 0 Å². The number of likely N-dealkylation sites (tertiary alicyclic amines) is 1. The normalized spacial score (nSPS) is 20.7. The number of hydrogen-bond acceptors (Lipinski definition) is 4. The van der Waals surface area contributed by atoms with E-state index in [1.165, 1.54) is 5.56 Å². The number of piperazine rings is 1. The summed E-state index contributed by atoms with van der Waals surface area (Å²) in [5, 5.41) is 0. The van der Waals surface area contributed by atoms with Gasteiger partial charge >= 0.3 is 0 Å². The molecule has 0 saturated carbocycles. The topological polar surface area (TPSA) is 53.1 Å². The lowest BCUT2D eigenvalue weighted by atomic mass is 9.87. The highest BCUT2D eigenvalue weighted by molar-refractivity contribution is 5.84. The van der Waals surface area contributed by atoms with Crippen molar-refractivity contribution in [3.63, 3.8) is 0 Å². The molecule has 182 valence electrons. The number of benzene rings is 2. The number of anilines is 1. The number of aryl methyl sites for hydroxylation is 1. The van der Waals surface area contributed by atoms with E-state index in [4.69, 9.17) is 4.74 Å². The molecule has 2 atom stereocenters. The van der Waals surface area contributed by atoms with Crippen LogP contribution in [0.4, 0.5) is 5.69 Å². The Labute approximate surface area is 203 Å². The second-order valence-corrected chi connectivity index (χ2v) is 10.0. The van der Waals surface area contributed by atoms with Crippen molar-refractivity contribution >= 4 is 17.5 Å². The molecule has 0 bridgehead atoms. The largest absolute Gasteiger partial charge is 0.495 e. The van der Waals surface area contributed by atoms with Crippen LogP contribution in [0.15, 0.2) is 48.5 Å². The van der Waals surface area contributed by atoms with Crippen molar-refractivity contribution in [3.8, 4) is 5.75 Å². The fourth-order valence-corrected chi connectivity index (χ4v) is 5.18. The summed E-state index contributed by atoms with van der Waals surface area (Å²) >= 11 is 0. The first-order valence-corrected chi connectivity index (χ1v) is 12.4. The first-order valence-electron chi connectivity index (χ1n) is 12.4. The second kappa shape index (κ2) is 10.5. The van der Waals surface area contributed by atoms with Gasteiger partial charge in [-0.2, -0.15) is 0 Å². The van der Waals surface area contributed by atoms with Crippen molar-refractivity contribution in [2.75, 3.05) is 51.3 Å². The molecule has 2 unspecified atom stereocenters. The Bertz CT molecular complexity index is 996. The molecule has 6 heteroatoms. The fourth-order valence-electron chi connectivity index (χ4n) is 5.18. The maximum atomic E-state index is 13.8. The molecule has 2 aromatic rings. The quantitative estimate of drug-likeness (QED) is 0.651. The summed E-state index contributed by atoms with van der Waals surface area (Å²) in [6.07, 6.45) is 0.527. The van der Waals surface area contributed by atoms with Gasteiger partial charge < -0.3 is 19.4 Å². The molecule has 0 aromatic heterocycles. The predicted molar refractivity (Wildman–Crippen MR) is 135 cm³/mol. The van der Waals surface area contributed by atoms with Gasteiger partial charge in [0.15, 0.2) is 0 Å². The summed E-state index contributed by atoms with van der Waals surface area (Å²) in [5.74, 6) is 1.33. The molecular formula is C28H37N3O3. The van der Waals surface area contributed by atoms with Gasteiger partial charge in [0.25, 0.3) is 0 Å². The number of carbonyl (C=O) groups is 2. The van der Waals surface area contributed by atoms with E-state index in [1.807, 2.05) is 28.0 Å². The van der Waals surface area contributed by atoms with Crippen LogP contribution >= 0.6 is 0 Å². The van der Waals surface area contributed by atoms with E-state index < -0.39 is 0 Å². The van der Waals surface area contributed by atoms with E-state index in [-0.39, 0.29) is 23.7 Å². The van der Waals surface area contributed by atoms with Crippen LogP contribution in [0.3, 0.4) is 0 Å². The first kappa shape index (κ1) is 24.1. The predicted octanol–water partition coefficient (Wildman–Crippen LogP) is 3.94. The van der Waals surface area contributed by atoms with Crippen LogP contribution in [-0.2, 0) is 9.59 Å². The number of methoxy groups -OCH3 is 1. The van der Waals surface area contributed by atoms with Crippen LogP contribution in [-0.4, -0.2) is 68.0 Å². The molecule has 2 aliphatic heterocycles. The van der Waals surface area contributed by atoms with Gasteiger partial charge in [-0.05, 0) is 30.5 Å². The summed E-state index contributed by atoms with van der Waals surface area (Å²) in [6.45, 7) is 10.2. The van der Waals surface area contributed by atoms with Crippen LogP contribution in [0.5, 0.6) is 5.75 Å². The molecule has 2 aromatic carbocycles. The number of ether oxygens (including phenoxy) is 1. The summed E-state index contributed by atoms with van der Waals surface area (Å²) in [5.41, 5.74) is 3.42. The van der Waals surface area contributed by atoms with Gasteiger partial charge in [-0.3, -0.25) is 9.59 Å². The minimum Gasteiger partial charge on any atom is -0.495 e. The summed E-state index contributed by atoms with van der Waals surface area (Å²) in [4.78, 5) is 32.8. The highest BCUT2D eigenvalue weighted by Crippen LogP contribution is 2.35. The van der Waals surface area contributed by atoms with Gasteiger partial charge in [0.2, 0.25) is 11.8 Å². The number of amides is 2. The lowest BCUT2D eigenvalue weighted by Crippen LogP contribution is -2.51. The van der Waals surface area contributed by atoms with Crippen LogP contribution < -0.4 is 9.64 Å². The minimum absolute atomic E-state index is 0.0384. The Morgan fingerprint density at radius 2 is 1.62 bits per heavy atom. The van der Waals surface area contributed by atoms with E-state index in [0.717, 1.165) is 30.1 Å². The van der Waals surface area contributed by atoms with Gasteiger partial charge in [0.1, 0.15) is 5.75 Å². The molecule has 0 N–H and O–H groups in total. The Kier molecular flexibility index (Phi) is 7.44. The maximum absolute atomic E-state index is 13.8. The summed E-state index contributed by atoms with van der Waals surface area (Å²) in [6, 6.07) is 16.5. The SMILES string of the molecule is COc1ccccc1N1CCN(C(=O)C2CN(C(=O)CC(C)C)CC2c2ccc(C)cc2)CC1. The second-order valence-electron chi connectivity index (χ2n) is 10.0. The van der Waals surface area contributed by atoms with Crippen molar-refractivity contribution in [3.05, 3.63) is 59.7 Å². The molecule has 2 fully saturated rings. The Hall–Kier alpha value is -3.02. The van der Waals surface area contributed by atoms with E-state index in [9.17, 15) is 9.59 Å². The van der Waals surface area contributed by atoms with Crippen LogP contribution in [0.1, 0.15) is 37.3 Å². The molecule has 2 heterocycles. The van der Waals surface area contributed by atoms with Crippen LogP contribution in [0.2, 0.25) is 0 Å². The van der Waals surface area contributed by atoms with E-state index in [2.05, 4.69) is 56.0 Å². The lowest BCUT2D eigenvalue weighted by molar-refractivity contribution is -0.136. The molecule has 2 aliphatic rings. The molecule has 2 saturated heterocycles. The average Bonchev–Trinajstić information content (AvgIpc) is 3.29. The number of nitrogens with zero attached hydrogens (tertiary/aromatic N) is 3. The van der Waals surface area contributed by atoms with E-state index in [1.54, 1.807) is 7.11 Å². The molecule has 0 spiro atoms. The maximum Gasteiger partial charge on any atom is 0.228 e. The van der Waals surface area contributed by atoms with Crippen molar-refractivity contribution in [2.24, 2.45) is 11.8 Å². The number of carbonyl (C=O) groups excluding carboxylic acids is 2. The Morgan fingerprint density at radius 3 is 2.26 bits per heavy atom. The van der Waals surface area contributed by atoms with Crippen molar-refractivity contribution in [1.82, 2.24) is 9.80 Å². The molecule has 0 radical (unpaired) electrons. The standard InChI is InChI=1S/C28H37N3O3/c1-20(2)17-27(32)31-18-23(22-11-9-21(3)10-12-22)24(19-31)28(33)30-15-13-29(14-16-30)25-7-5-6-8-26(25)34-4/h5-12,20,23-24H,13-19H2,1-4H3. The van der Waals surface area contributed by atoms with Gasteiger partial charge in [0, 0.05) is 51.6 Å². The molecule has 4 rings (SSSR count). The summed E-state index contributed by atoms with van der Waals surface area (Å²) in [7, 11) is 1.69. The molecule has 34 heavy (non-hydrogen) atoms. The van der Waals surface area contributed by atoms with Crippen LogP contribution in [0.25, 0.3) is 0 Å². The molecular weight excluding hydrogens is 426 g/mol. The Balaban J connectivity index is 1.48. The first-order chi connectivity index (χ1) is 16.4. The smallest absolute Gasteiger partial charge is 0.228 e. The van der Waals surface area contributed by atoms with Crippen LogP contribution in [0, 0.1) is 18.8 Å². The molecule has 0 aliphatic carbocycles. The molecule has 6 nitrogen and oxygen atoms in total. The average molecular weight is 464 g/mol. The number of para-hydroxylation sites is 2. The van der Waals surface area contributed by atoms with Crippen molar-refractivity contribution < 1.29 is 14.3 Å². The lowest BCUT2D eigenvalue weighted by Gasteiger charge is -2.38. The van der Waals surface area contributed by atoms with E-state index in [0.29, 0.717) is 38.5 Å². The highest BCUT2D eigenvalue weighted by Gasteiger charge is 2.42. The van der Waals surface area contributed by atoms with Gasteiger partial charge in [-0.1, -0.05) is 55.8 Å². The van der Waals surface area contributed by atoms with Gasteiger partial charge in [-0.25, -0.2) is 0 Å². The van der Waals surface area contributed by atoms with Gasteiger partial charge in [-0.15, -0.1) is 0 Å².